The third kappa shape index (κ3) is 6.63. The van der Waals surface area contributed by atoms with Crippen LogP contribution in [0.5, 0.6) is 5.75 Å². The lowest BCUT2D eigenvalue weighted by Crippen LogP contribution is -2.53. The number of amides is 2. The van der Waals surface area contributed by atoms with Crippen LogP contribution in [0, 0.1) is 5.92 Å². The number of morpholine rings is 1. The predicted molar refractivity (Wildman–Crippen MR) is 132 cm³/mol. The lowest BCUT2D eigenvalue weighted by molar-refractivity contribution is -0.127. The van der Waals surface area contributed by atoms with Crippen molar-refractivity contribution in [2.45, 2.75) is 45.4 Å². The first-order valence-corrected chi connectivity index (χ1v) is 12.5. The Balaban J connectivity index is 1.37. The molecular formula is C26H35N3O7. The molecule has 196 valence electrons. The summed E-state index contributed by atoms with van der Waals surface area (Å²) in [6, 6.07) is 5.52. The molecule has 10 heteroatoms. The van der Waals surface area contributed by atoms with E-state index in [4.69, 9.17) is 18.6 Å². The van der Waals surface area contributed by atoms with Gasteiger partial charge in [0.1, 0.15) is 36.6 Å². The molecular weight excluding hydrogens is 466 g/mol. The molecule has 36 heavy (non-hydrogen) atoms. The minimum atomic E-state index is -0.814. The number of fused-ring (bicyclic) bond motifs is 1. The molecule has 2 fully saturated rings. The van der Waals surface area contributed by atoms with Crippen LogP contribution >= 0.6 is 0 Å². The highest BCUT2D eigenvalue weighted by atomic mass is 16.5. The zero-order valence-electron chi connectivity index (χ0n) is 21.1. The van der Waals surface area contributed by atoms with Gasteiger partial charge in [-0.2, -0.15) is 0 Å². The standard InChI is InChI=1S/C26H35N3O7/c1-16(2)12-20(25(31)28-24-17(3)35-15-21(24)30)27-26(32)23-14-18-13-19(4-5-22(18)36-23)34-11-8-29-6-9-33-10-7-29/h4-5,13-14,16-17,20,24H,6-12,15H2,1-3H3,(H,27,32)(H,28,31)/t17-,20+,24+/m1/s1. The Kier molecular flexibility index (Phi) is 8.60. The van der Waals surface area contributed by atoms with E-state index in [1.807, 2.05) is 26.0 Å². The molecule has 0 saturated carbocycles. The maximum atomic E-state index is 13.0. The molecule has 2 aliphatic heterocycles. The van der Waals surface area contributed by atoms with E-state index in [1.54, 1.807) is 19.1 Å². The number of ketones is 1. The van der Waals surface area contributed by atoms with E-state index in [9.17, 15) is 14.4 Å². The first-order valence-electron chi connectivity index (χ1n) is 12.5. The summed E-state index contributed by atoms with van der Waals surface area (Å²) >= 11 is 0. The molecule has 0 radical (unpaired) electrons. The summed E-state index contributed by atoms with van der Waals surface area (Å²) in [4.78, 5) is 40.2. The number of hydrogen-bond acceptors (Lipinski definition) is 8. The van der Waals surface area contributed by atoms with Crippen molar-refractivity contribution in [2.75, 3.05) is 46.1 Å². The summed E-state index contributed by atoms with van der Waals surface area (Å²) < 4.78 is 22.3. The number of benzene rings is 1. The quantitative estimate of drug-likeness (QED) is 0.506. The van der Waals surface area contributed by atoms with Gasteiger partial charge in [-0.15, -0.1) is 0 Å². The zero-order chi connectivity index (χ0) is 25.7. The van der Waals surface area contributed by atoms with Gasteiger partial charge in [0.05, 0.1) is 19.3 Å². The van der Waals surface area contributed by atoms with Gasteiger partial charge in [-0.25, -0.2) is 0 Å². The summed E-state index contributed by atoms with van der Waals surface area (Å²) in [5.74, 6) is -0.153. The number of Topliss-reactive ketones (excluding diaryl/α,β-unsaturated/α-hetero) is 1. The Labute approximate surface area is 210 Å². The average molecular weight is 502 g/mol. The molecule has 3 heterocycles. The minimum absolute atomic E-state index is 0.0226. The van der Waals surface area contributed by atoms with E-state index >= 15 is 0 Å². The molecule has 0 aliphatic carbocycles. The van der Waals surface area contributed by atoms with E-state index in [0.29, 0.717) is 24.4 Å². The molecule has 3 atom stereocenters. The van der Waals surface area contributed by atoms with Crippen molar-refractivity contribution < 1.29 is 33.0 Å². The van der Waals surface area contributed by atoms with Crippen molar-refractivity contribution in [3.8, 4) is 5.75 Å². The van der Waals surface area contributed by atoms with Crippen LogP contribution in [-0.2, 0) is 19.1 Å². The molecule has 0 spiro atoms. The molecule has 10 nitrogen and oxygen atoms in total. The number of hydrogen-bond donors (Lipinski definition) is 2. The molecule has 2 aromatic rings. The SMILES string of the molecule is CC(C)C[C@H](NC(=O)c1cc2cc(OCCN3CCOCC3)ccc2o1)C(=O)N[C@@H]1C(=O)CO[C@@H]1C. The van der Waals surface area contributed by atoms with Gasteiger partial charge in [0.15, 0.2) is 11.5 Å². The van der Waals surface area contributed by atoms with Gasteiger partial charge >= 0.3 is 0 Å². The van der Waals surface area contributed by atoms with Crippen LogP contribution in [0.15, 0.2) is 28.7 Å². The molecule has 2 saturated heterocycles. The third-order valence-electron chi connectivity index (χ3n) is 6.42. The summed E-state index contributed by atoms with van der Waals surface area (Å²) in [5, 5.41) is 6.24. The molecule has 1 aromatic carbocycles. The van der Waals surface area contributed by atoms with Gasteiger partial charge in [0.25, 0.3) is 5.91 Å². The number of ether oxygens (including phenoxy) is 3. The number of rotatable bonds is 10. The van der Waals surface area contributed by atoms with Crippen LogP contribution in [-0.4, -0.2) is 86.7 Å². The topological polar surface area (TPSA) is 119 Å². The van der Waals surface area contributed by atoms with Crippen LogP contribution in [0.2, 0.25) is 0 Å². The van der Waals surface area contributed by atoms with Gasteiger partial charge in [-0.3, -0.25) is 19.3 Å². The minimum Gasteiger partial charge on any atom is -0.492 e. The summed E-state index contributed by atoms with van der Waals surface area (Å²) in [7, 11) is 0. The molecule has 2 aliphatic rings. The van der Waals surface area contributed by atoms with Crippen LogP contribution in [0.3, 0.4) is 0 Å². The van der Waals surface area contributed by atoms with Crippen molar-refractivity contribution in [3.05, 3.63) is 30.0 Å². The molecule has 2 amide bonds. The smallest absolute Gasteiger partial charge is 0.287 e. The number of nitrogens with one attached hydrogen (secondary N) is 2. The normalized spacial score (nSPS) is 21.6. The Morgan fingerprint density at radius 2 is 1.97 bits per heavy atom. The Bertz CT molecular complexity index is 1080. The fourth-order valence-corrected chi connectivity index (χ4v) is 4.39. The Hall–Kier alpha value is -2.95. The van der Waals surface area contributed by atoms with Gasteiger partial charge < -0.3 is 29.3 Å². The first-order chi connectivity index (χ1) is 17.3. The predicted octanol–water partition coefficient (Wildman–Crippen LogP) is 1.76. The maximum absolute atomic E-state index is 13.0. The molecule has 1 aromatic heterocycles. The number of furan rings is 1. The highest BCUT2D eigenvalue weighted by Gasteiger charge is 2.36. The lowest BCUT2D eigenvalue weighted by Gasteiger charge is -2.26. The van der Waals surface area contributed by atoms with Gasteiger partial charge in [0.2, 0.25) is 5.91 Å². The summed E-state index contributed by atoms with van der Waals surface area (Å²) in [6.45, 7) is 10.3. The molecule has 4 rings (SSSR count). The average Bonchev–Trinajstić information content (AvgIpc) is 3.42. The van der Waals surface area contributed by atoms with E-state index in [0.717, 1.165) is 38.2 Å². The van der Waals surface area contributed by atoms with E-state index in [2.05, 4.69) is 15.5 Å². The van der Waals surface area contributed by atoms with Crippen molar-refractivity contribution >= 4 is 28.6 Å². The largest absolute Gasteiger partial charge is 0.492 e. The number of carbonyl (C=O) groups is 3. The van der Waals surface area contributed by atoms with Crippen LogP contribution in [0.1, 0.15) is 37.7 Å². The molecule has 0 unspecified atom stereocenters. The fourth-order valence-electron chi connectivity index (χ4n) is 4.39. The second-order valence-corrected chi connectivity index (χ2v) is 9.74. The monoisotopic (exact) mass is 501 g/mol. The highest BCUT2D eigenvalue weighted by molar-refractivity contribution is 5.99. The summed E-state index contributed by atoms with van der Waals surface area (Å²) in [5.41, 5.74) is 0.549. The zero-order valence-corrected chi connectivity index (χ0v) is 21.1. The number of carbonyl (C=O) groups excluding carboxylic acids is 3. The summed E-state index contributed by atoms with van der Waals surface area (Å²) in [6.07, 6.45) is 0.00670. The second kappa shape index (κ2) is 11.9. The van der Waals surface area contributed by atoms with Crippen molar-refractivity contribution in [2.24, 2.45) is 5.92 Å². The van der Waals surface area contributed by atoms with E-state index < -0.39 is 30.0 Å². The Morgan fingerprint density at radius 3 is 2.67 bits per heavy atom. The van der Waals surface area contributed by atoms with Crippen LogP contribution in [0.25, 0.3) is 11.0 Å². The van der Waals surface area contributed by atoms with Gasteiger partial charge in [-0.1, -0.05) is 13.8 Å². The number of nitrogens with zero attached hydrogens (tertiary/aromatic N) is 1. The van der Waals surface area contributed by atoms with Crippen molar-refractivity contribution in [1.29, 1.82) is 0 Å². The molecule has 0 bridgehead atoms. The third-order valence-corrected chi connectivity index (χ3v) is 6.42. The van der Waals surface area contributed by atoms with Crippen molar-refractivity contribution in [1.82, 2.24) is 15.5 Å². The molecule has 2 N–H and O–H groups in total. The first kappa shape index (κ1) is 26.1. The Morgan fingerprint density at radius 1 is 1.19 bits per heavy atom. The fraction of sp³-hybridized carbons (Fsp3) is 0.577. The van der Waals surface area contributed by atoms with Crippen molar-refractivity contribution in [3.63, 3.8) is 0 Å². The lowest BCUT2D eigenvalue weighted by atomic mass is 10.0. The van der Waals surface area contributed by atoms with Gasteiger partial charge in [0, 0.05) is 25.0 Å². The van der Waals surface area contributed by atoms with E-state index in [1.165, 1.54) is 0 Å². The highest BCUT2D eigenvalue weighted by Crippen LogP contribution is 2.25. The van der Waals surface area contributed by atoms with E-state index in [-0.39, 0.29) is 24.1 Å². The maximum Gasteiger partial charge on any atom is 0.287 e. The van der Waals surface area contributed by atoms with Crippen LogP contribution < -0.4 is 15.4 Å². The van der Waals surface area contributed by atoms with Gasteiger partial charge in [-0.05, 0) is 43.5 Å². The van der Waals surface area contributed by atoms with Crippen LogP contribution in [0.4, 0.5) is 0 Å². The second-order valence-electron chi connectivity index (χ2n) is 9.74.